The van der Waals surface area contributed by atoms with Crippen LogP contribution >= 0.6 is 0 Å². The van der Waals surface area contributed by atoms with Gasteiger partial charge >= 0.3 is 0 Å². The Hall–Kier alpha value is -0.980. The Labute approximate surface area is 75.4 Å². The number of allylic oxidation sites excluding steroid dienone is 5. The van der Waals surface area contributed by atoms with E-state index in [2.05, 4.69) is 12.7 Å². The van der Waals surface area contributed by atoms with E-state index in [-0.39, 0.29) is 0 Å². The van der Waals surface area contributed by atoms with E-state index in [1.54, 1.807) is 0 Å². The molecule has 0 amide bonds. The molecule has 0 aliphatic rings. The summed E-state index contributed by atoms with van der Waals surface area (Å²) in [4.78, 5) is 0. The highest BCUT2D eigenvalue weighted by Crippen LogP contribution is 2.04. The van der Waals surface area contributed by atoms with Gasteiger partial charge in [0.15, 0.2) is 0 Å². The van der Waals surface area contributed by atoms with Crippen molar-refractivity contribution in [2.45, 2.75) is 26.7 Å². The Morgan fingerprint density at radius 1 is 1.42 bits per heavy atom. The fourth-order valence-electron chi connectivity index (χ4n) is 0.807. The van der Waals surface area contributed by atoms with Crippen molar-refractivity contribution >= 4 is 0 Å². The van der Waals surface area contributed by atoms with Crippen molar-refractivity contribution in [3.63, 3.8) is 0 Å². The molecule has 0 spiro atoms. The number of rotatable bonds is 6. The highest BCUT2D eigenvalue weighted by Gasteiger charge is 1.89. The average Bonchev–Trinajstić information content (AvgIpc) is 2.05. The summed E-state index contributed by atoms with van der Waals surface area (Å²) in [5, 5.41) is 0. The Kier molecular flexibility index (Phi) is 7.46. The minimum atomic E-state index is 0.720. The van der Waals surface area contributed by atoms with Crippen LogP contribution in [-0.4, -0.2) is 6.61 Å². The van der Waals surface area contributed by atoms with E-state index >= 15 is 0 Å². The van der Waals surface area contributed by atoms with Crippen molar-refractivity contribution in [2.75, 3.05) is 6.61 Å². The van der Waals surface area contributed by atoms with Crippen LogP contribution in [0.15, 0.2) is 36.6 Å². The van der Waals surface area contributed by atoms with E-state index in [1.807, 2.05) is 32.1 Å². The fourth-order valence-corrected chi connectivity index (χ4v) is 0.807. The lowest BCUT2D eigenvalue weighted by atomic mass is 10.2. The van der Waals surface area contributed by atoms with Crippen LogP contribution in [-0.2, 0) is 4.74 Å². The number of ether oxygens (including phenoxy) is 1. The molecule has 1 nitrogen and oxygen atoms in total. The van der Waals surface area contributed by atoms with Crippen LogP contribution in [0.25, 0.3) is 0 Å². The molecule has 0 aliphatic carbocycles. The summed E-state index contributed by atoms with van der Waals surface area (Å²) in [7, 11) is 0. The molecule has 0 aromatic heterocycles. The highest BCUT2D eigenvalue weighted by atomic mass is 16.5. The third-order valence-corrected chi connectivity index (χ3v) is 1.38. The molecule has 0 N–H and O–H groups in total. The maximum absolute atomic E-state index is 5.20. The Balaban J connectivity index is 3.36. The molecule has 0 bridgehead atoms. The van der Waals surface area contributed by atoms with E-state index in [0.29, 0.717) is 0 Å². The Morgan fingerprint density at radius 3 is 2.75 bits per heavy atom. The second-order valence-corrected chi connectivity index (χ2v) is 2.46. The molecule has 0 aliphatic heterocycles. The molecule has 1 heteroatoms. The second-order valence-electron chi connectivity index (χ2n) is 2.46. The highest BCUT2D eigenvalue weighted by molar-refractivity contribution is 5.01. The SMILES string of the molecule is C=C(CC/C=C\C=C\C)OCC. The zero-order valence-electron chi connectivity index (χ0n) is 8.05. The van der Waals surface area contributed by atoms with Crippen LogP contribution in [0.2, 0.25) is 0 Å². The molecule has 0 aromatic carbocycles. The first-order chi connectivity index (χ1) is 5.81. The predicted octanol–water partition coefficient (Wildman–Crippen LogP) is 3.45. The van der Waals surface area contributed by atoms with Gasteiger partial charge in [-0.2, -0.15) is 0 Å². The van der Waals surface area contributed by atoms with E-state index < -0.39 is 0 Å². The van der Waals surface area contributed by atoms with Gasteiger partial charge in [0.05, 0.1) is 12.4 Å². The summed E-state index contributed by atoms with van der Waals surface area (Å²) in [6.45, 7) is 8.48. The standard InChI is InChI=1S/C11H18O/c1-4-6-7-8-9-10-11(3)12-5-2/h4,6-8H,3,5,9-10H2,1-2H3/b6-4+,8-7-. The summed E-state index contributed by atoms with van der Waals surface area (Å²) >= 11 is 0. The zero-order valence-corrected chi connectivity index (χ0v) is 8.05. The molecule has 12 heavy (non-hydrogen) atoms. The number of hydrogen-bond donors (Lipinski definition) is 0. The predicted molar refractivity (Wildman–Crippen MR) is 54.0 cm³/mol. The molecule has 0 aromatic rings. The first-order valence-electron chi connectivity index (χ1n) is 4.39. The maximum Gasteiger partial charge on any atom is 0.0891 e. The fraction of sp³-hybridized carbons (Fsp3) is 0.455. The van der Waals surface area contributed by atoms with Crippen LogP contribution in [0.3, 0.4) is 0 Å². The lowest BCUT2D eigenvalue weighted by Crippen LogP contribution is -1.88. The number of hydrogen-bond acceptors (Lipinski definition) is 1. The molecule has 0 saturated heterocycles. The summed E-state index contributed by atoms with van der Waals surface area (Å²) in [6, 6.07) is 0. The molecule has 0 radical (unpaired) electrons. The topological polar surface area (TPSA) is 9.23 Å². The van der Waals surface area contributed by atoms with Crippen molar-refractivity contribution in [1.29, 1.82) is 0 Å². The molecular weight excluding hydrogens is 148 g/mol. The average molecular weight is 166 g/mol. The maximum atomic E-state index is 5.20. The van der Waals surface area contributed by atoms with Crippen LogP contribution in [0, 0.1) is 0 Å². The van der Waals surface area contributed by atoms with Gasteiger partial charge in [-0.3, -0.25) is 0 Å². The van der Waals surface area contributed by atoms with Crippen LogP contribution in [0.5, 0.6) is 0 Å². The molecule has 68 valence electrons. The van der Waals surface area contributed by atoms with E-state index in [9.17, 15) is 0 Å². The first-order valence-corrected chi connectivity index (χ1v) is 4.39. The monoisotopic (exact) mass is 166 g/mol. The first kappa shape index (κ1) is 11.0. The van der Waals surface area contributed by atoms with Crippen LogP contribution in [0.1, 0.15) is 26.7 Å². The second kappa shape index (κ2) is 8.12. The summed E-state index contributed by atoms with van der Waals surface area (Å²) in [5.41, 5.74) is 0. The smallest absolute Gasteiger partial charge is 0.0891 e. The van der Waals surface area contributed by atoms with Gasteiger partial charge in [-0.05, 0) is 20.3 Å². The van der Waals surface area contributed by atoms with Gasteiger partial charge in [-0.25, -0.2) is 0 Å². The molecule has 0 saturated carbocycles. The summed E-state index contributed by atoms with van der Waals surface area (Å²) in [5.74, 6) is 0.877. The summed E-state index contributed by atoms with van der Waals surface area (Å²) < 4.78 is 5.20. The largest absolute Gasteiger partial charge is 0.499 e. The van der Waals surface area contributed by atoms with Gasteiger partial charge in [0.1, 0.15) is 0 Å². The van der Waals surface area contributed by atoms with Crippen molar-refractivity contribution in [3.8, 4) is 0 Å². The quantitative estimate of drug-likeness (QED) is 0.434. The van der Waals surface area contributed by atoms with Gasteiger partial charge in [0.2, 0.25) is 0 Å². The lowest BCUT2D eigenvalue weighted by molar-refractivity contribution is 0.220. The molecule has 0 atom stereocenters. The van der Waals surface area contributed by atoms with Gasteiger partial charge in [-0.1, -0.05) is 30.9 Å². The lowest BCUT2D eigenvalue weighted by Gasteiger charge is -2.03. The van der Waals surface area contributed by atoms with Crippen molar-refractivity contribution < 1.29 is 4.74 Å². The van der Waals surface area contributed by atoms with E-state index in [4.69, 9.17) is 4.74 Å². The third-order valence-electron chi connectivity index (χ3n) is 1.38. The van der Waals surface area contributed by atoms with Crippen molar-refractivity contribution in [2.24, 2.45) is 0 Å². The molecule has 0 rings (SSSR count). The van der Waals surface area contributed by atoms with Gasteiger partial charge in [0, 0.05) is 6.42 Å². The van der Waals surface area contributed by atoms with Crippen LogP contribution in [0.4, 0.5) is 0 Å². The molecule has 0 fully saturated rings. The normalized spacial score (nSPS) is 11.2. The third kappa shape index (κ3) is 7.13. The Morgan fingerprint density at radius 2 is 2.17 bits per heavy atom. The van der Waals surface area contributed by atoms with Gasteiger partial charge in [-0.15, -0.1) is 0 Å². The van der Waals surface area contributed by atoms with Crippen molar-refractivity contribution in [3.05, 3.63) is 36.6 Å². The van der Waals surface area contributed by atoms with Crippen molar-refractivity contribution in [1.82, 2.24) is 0 Å². The van der Waals surface area contributed by atoms with Crippen LogP contribution < -0.4 is 0 Å². The molecule has 0 heterocycles. The molecular formula is C11H18O. The van der Waals surface area contributed by atoms with Gasteiger partial charge < -0.3 is 4.74 Å². The minimum absolute atomic E-state index is 0.720. The van der Waals surface area contributed by atoms with E-state index in [0.717, 1.165) is 25.2 Å². The van der Waals surface area contributed by atoms with Gasteiger partial charge in [0.25, 0.3) is 0 Å². The summed E-state index contributed by atoms with van der Waals surface area (Å²) in [6.07, 6.45) is 10.1. The van der Waals surface area contributed by atoms with E-state index in [1.165, 1.54) is 0 Å². The zero-order chi connectivity index (χ0) is 9.23. The minimum Gasteiger partial charge on any atom is -0.499 e. The Bertz CT molecular complexity index is 166. The molecule has 0 unspecified atom stereocenters.